The first kappa shape index (κ1) is 9.77. The van der Waals surface area contributed by atoms with Crippen molar-refractivity contribution >= 4 is 11.9 Å². The molecule has 0 spiro atoms. The van der Waals surface area contributed by atoms with E-state index in [2.05, 4.69) is 6.58 Å². The molecule has 0 saturated carbocycles. The van der Waals surface area contributed by atoms with Gasteiger partial charge in [0.25, 0.3) is 0 Å². The van der Waals surface area contributed by atoms with Crippen molar-refractivity contribution in [1.82, 2.24) is 0 Å². The summed E-state index contributed by atoms with van der Waals surface area (Å²) in [4.78, 5) is 21.9. The van der Waals surface area contributed by atoms with E-state index in [0.29, 0.717) is 18.6 Å². The quantitative estimate of drug-likeness (QED) is 0.478. The molecular formula is C9H12O4. The fourth-order valence-corrected chi connectivity index (χ4v) is 0.988. The molecule has 1 unspecified atom stereocenters. The lowest BCUT2D eigenvalue weighted by molar-refractivity contribution is -0.146. The van der Waals surface area contributed by atoms with Crippen LogP contribution >= 0.6 is 0 Å². The van der Waals surface area contributed by atoms with E-state index < -0.39 is 5.97 Å². The number of carbonyl (C=O) groups is 2. The van der Waals surface area contributed by atoms with Crippen molar-refractivity contribution < 1.29 is 19.1 Å². The Morgan fingerprint density at radius 1 is 1.77 bits per heavy atom. The Morgan fingerprint density at radius 2 is 2.46 bits per heavy atom. The van der Waals surface area contributed by atoms with Crippen LogP contribution in [0.15, 0.2) is 12.2 Å². The first-order valence-corrected chi connectivity index (χ1v) is 4.10. The zero-order valence-electron chi connectivity index (χ0n) is 7.54. The van der Waals surface area contributed by atoms with E-state index in [1.165, 1.54) is 0 Å². The number of hydrogen-bond donors (Lipinski definition) is 0. The van der Waals surface area contributed by atoms with Crippen molar-refractivity contribution in [3.63, 3.8) is 0 Å². The first-order valence-electron chi connectivity index (χ1n) is 4.10. The van der Waals surface area contributed by atoms with Gasteiger partial charge in [-0.15, -0.1) is 0 Å². The lowest BCUT2D eigenvalue weighted by Gasteiger charge is -2.06. The van der Waals surface area contributed by atoms with Gasteiger partial charge in [-0.1, -0.05) is 6.58 Å². The average Bonchev–Trinajstić information content (AvgIpc) is 2.47. The van der Waals surface area contributed by atoms with Crippen LogP contribution in [-0.4, -0.2) is 25.2 Å². The Morgan fingerprint density at radius 3 is 2.92 bits per heavy atom. The molecule has 0 aliphatic carbocycles. The topological polar surface area (TPSA) is 52.6 Å². The molecule has 13 heavy (non-hydrogen) atoms. The standard InChI is InChI=1S/C9H12O4/c1-6(2)8(10)13-5-7-3-4-12-9(7)11/h7H,1,3-5H2,2H3. The third-order valence-corrected chi connectivity index (χ3v) is 1.81. The Hall–Kier alpha value is -1.32. The van der Waals surface area contributed by atoms with Crippen LogP contribution in [0, 0.1) is 5.92 Å². The van der Waals surface area contributed by atoms with Gasteiger partial charge in [0.1, 0.15) is 6.61 Å². The maximum atomic E-state index is 10.9. The van der Waals surface area contributed by atoms with Gasteiger partial charge in [0.05, 0.1) is 12.5 Å². The number of rotatable bonds is 3. The Labute approximate surface area is 76.5 Å². The minimum Gasteiger partial charge on any atom is -0.465 e. The SMILES string of the molecule is C=C(C)C(=O)OCC1CCOC1=O. The molecule has 0 amide bonds. The molecule has 0 aromatic heterocycles. The molecule has 0 N–H and O–H groups in total. The predicted octanol–water partition coefficient (Wildman–Crippen LogP) is 0.669. The summed E-state index contributed by atoms with van der Waals surface area (Å²) in [7, 11) is 0. The molecule has 0 bridgehead atoms. The Balaban J connectivity index is 2.30. The van der Waals surface area contributed by atoms with E-state index in [1.54, 1.807) is 6.92 Å². The van der Waals surface area contributed by atoms with Gasteiger partial charge in [-0.05, 0) is 13.3 Å². The molecule has 1 saturated heterocycles. The van der Waals surface area contributed by atoms with Gasteiger partial charge < -0.3 is 9.47 Å². The smallest absolute Gasteiger partial charge is 0.333 e. The van der Waals surface area contributed by atoms with Crippen LogP contribution in [0.25, 0.3) is 0 Å². The first-order chi connectivity index (χ1) is 6.11. The normalized spacial score (nSPS) is 21.0. The van der Waals surface area contributed by atoms with E-state index in [4.69, 9.17) is 9.47 Å². The lowest BCUT2D eigenvalue weighted by Crippen LogP contribution is -2.18. The molecular weight excluding hydrogens is 172 g/mol. The third-order valence-electron chi connectivity index (χ3n) is 1.81. The number of hydrogen-bond acceptors (Lipinski definition) is 4. The highest BCUT2D eigenvalue weighted by Gasteiger charge is 2.27. The molecule has 1 aliphatic rings. The average molecular weight is 184 g/mol. The maximum Gasteiger partial charge on any atom is 0.333 e. The Bertz CT molecular complexity index is 244. The van der Waals surface area contributed by atoms with Crippen LogP contribution in [0.3, 0.4) is 0 Å². The monoisotopic (exact) mass is 184 g/mol. The van der Waals surface area contributed by atoms with E-state index in [-0.39, 0.29) is 18.5 Å². The lowest BCUT2D eigenvalue weighted by atomic mass is 10.1. The second kappa shape index (κ2) is 4.07. The zero-order valence-corrected chi connectivity index (χ0v) is 7.54. The van der Waals surface area contributed by atoms with Gasteiger partial charge >= 0.3 is 11.9 Å². The summed E-state index contributed by atoms with van der Waals surface area (Å²) in [5, 5.41) is 0. The fraction of sp³-hybridized carbons (Fsp3) is 0.556. The highest BCUT2D eigenvalue weighted by Crippen LogP contribution is 2.14. The molecule has 4 nitrogen and oxygen atoms in total. The van der Waals surface area contributed by atoms with Gasteiger partial charge in [-0.25, -0.2) is 4.79 Å². The van der Waals surface area contributed by atoms with E-state index in [1.807, 2.05) is 0 Å². The summed E-state index contributed by atoms with van der Waals surface area (Å²) in [5.41, 5.74) is 0.339. The molecule has 1 rings (SSSR count). The van der Waals surface area contributed by atoms with Gasteiger partial charge in [0, 0.05) is 5.57 Å². The highest BCUT2D eigenvalue weighted by atomic mass is 16.6. The summed E-state index contributed by atoms with van der Waals surface area (Å²) < 4.78 is 9.52. The number of carbonyl (C=O) groups excluding carboxylic acids is 2. The molecule has 1 atom stereocenters. The molecule has 0 radical (unpaired) electrons. The number of ether oxygens (including phenoxy) is 2. The van der Waals surface area contributed by atoms with E-state index >= 15 is 0 Å². The van der Waals surface area contributed by atoms with Crippen molar-refractivity contribution in [2.24, 2.45) is 5.92 Å². The maximum absolute atomic E-state index is 10.9. The molecule has 1 heterocycles. The molecule has 1 aliphatic heterocycles. The zero-order chi connectivity index (χ0) is 9.84. The van der Waals surface area contributed by atoms with Crippen molar-refractivity contribution in [2.45, 2.75) is 13.3 Å². The molecule has 0 aromatic rings. The minimum atomic E-state index is -0.459. The summed E-state index contributed by atoms with van der Waals surface area (Å²) >= 11 is 0. The van der Waals surface area contributed by atoms with Crippen LogP contribution in [-0.2, 0) is 19.1 Å². The Kier molecular flexibility index (Phi) is 3.06. The third kappa shape index (κ3) is 2.57. The molecule has 1 fully saturated rings. The molecule has 0 aromatic carbocycles. The van der Waals surface area contributed by atoms with Gasteiger partial charge in [-0.2, -0.15) is 0 Å². The molecule has 4 heteroatoms. The van der Waals surface area contributed by atoms with E-state index in [0.717, 1.165) is 0 Å². The van der Waals surface area contributed by atoms with Crippen molar-refractivity contribution in [3.05, 3.63) is 12.2 Å². The van der Waals surface area contributed by atoms with Crippen molar-refractivity contribution in [2.75, 3.05) is 13.2 Å². The van der Waals surface area contributed by atoms with Crippen LogP contribution in [0.4, 0.5) is 0 Å². The van der Waals surface area contributed by atoms with E-state index in [9.17, 15) is 9.59 Å². The fourth-order valence-electron chi connectivity index (χ4n) is 0.988. The minimum absolute atomic E-state index is 0.102. The summed E-state index contributed by atoms with van der Waals surface area (Å²) in [6, 6.07) is 0. The predicted molar refractivity (Wildman–Crippen MR) is 44.8 cm³/mol. The summed E-state index contributed by atoms with van der Waals surface area (Å²) in [6.45, 7) is 5.52. The van der Waals surface area contributed by atoms with Gasteiger partial charge in [0.2, 0.25) is 0 Å². The van der Waals surface area contributed by atoms with Crippen LogP contribution in [0.2, 0.25) is 0 Å². The molecule has 72 valence electrons. The second-order valence-electron chi connectivity index (χ2n) is 3.03. The van der Waals surface area contributed by atoms with Crippen molar-refractivity contribution in [1.29, 1.82) is 0 Å². The van der Waals surface area contributed by atoms with Gasteiger partial charge in [0.15, 0.2) is 0 Å². The highest BCUT2D eigenvalue weighted by molar-refractivity contribution is 5.87. The van der Waals surface area contributed by atoms with Crippen LogP contribution < -0.4 is 0 Å². The number of cyclic esters (lactones) is 1. The summed E-state index contributed by atoms with van der Waals surface area (Å²) in [5.74, 6) is -1.03. The largest absolute Gasteiger partial charge is 0.465 e. The van der Waals surface area contributed by atoms with Crippen LogP contribution in [0.5, 0.6) is 0 Å². The van der Waals surface area contributed by atoms with Crippen molar-refractivity contribution in [3.8, 4) is 0 Å². The van der Waals surface area contributed by atoms with Gasteiger partial charge in [-0.3, -0.25) is 4.79 Å². The van der Waals surface area contributed by atoms with Crippen LogP contribution in [0.1, 0.15) is 13.3 Å². The second-order valence-corrected chi connectivity index (χ2v) is 3.03. The number of esters is 2. The summed E-state index contributed by atoms with van der Waals surface area (Å²) in [6.07, 6.45) is 0.627.